The highest BCUT2D eigenvalue weighted by molar-refractivity contribution is 7.25. The van der Waals surface area contributed by atoms with Crippen molar-refractivity contribution in [3.05, 3.63) is 174 Å². The SMILES string of the molecule is c1ccc2c(c1)Oc1ccccc1C21c2ccccc2-c2cc3c4ccccc4n(-c4ccc5sc6ccccc6c5c4)c3cc21. The van der Waals surface area contributed by atoms with Crippen LogP contribution in [0.25, 0.3) is 58.8 Å². The van der Waals surface area contributed by atoms with Crippen molar-refractivity contribution >= 4 is 53.3 Å². The van der Waals surface area contributed by atoms with Crippen molar-refractivity contribution < 1.29 is 4.74 Å². The second-order valence-corrected chi connectivity index (χ2v) is 13.5. The molecule has 0 saturated carbocycles. The van der Waals surface area contributed by atoms with Crippen LogP contribution in [0.3, 0.4) is 0 Å². The van der Waals surface area contributed by atoms with Crippen LogP contribution in [-0.4, -0.2) is 4.57 Å². The molecule has 0 atom stereocenters. The lowest BCUT2D eigenvalue weighted by molar-refractivity contribution is 0.436. The minimum absolute atomic E-state index is 0.500. The van der Waals surface area contributed by atoms with E-state index in [9.17, 15) is 0 Å². The van der Waals surface area contributed by atoms with Gasteiger partial charge in [0.1, 0.15) is 11.5 Å². The van der Waals surface area contributed by atoms with Crippen molar-refractivity contribution in [3.8, 4) is 28.3 Å². The standard InChI is InChI=1S/C43H25NOS/c1-4-14-33-27(11-1)30-24-31-28-12-2-7-17-37(28)44(26-21-22-42-32(23-26)29-13-3-10-20-41(29)46-42)38(31)25-36(30)43(33)34-15-5-8-18-39(34)45-40-19-9-6-16-35(40)43/h1-25H. The van der Waals surface area contributed by atoms with Gasteiger partial charge in [-0.3, -0.25) is 0 Å². The van der Waals surface area contributed by atoms with Gasteiger partial charge in [-0.1, -0.05) is 97.1 Å². The van der Waals surface area contributed by atoms with Gasteiger partial charge in [0.15, 0.2) is 0 Å². The van der Waals surface area contributed by atoms with Crippen LogP contribution in [0.15, 0.2) is 152 Å². The first kappa shape index (κ1) is 24.7. The van der Waals surface area contributed by atoms with Gasteiger partial charge in [-0.25, -0.2) is 0 Å². The number of ether oxygens (including phenoxy) is 1. The van der Waals surface area contributed by atoms with Crippen LogP contribution < -0.4 is 4.74 Å². The molecule has 11 rings (SSSR count). The lowest BCUT2D eigenvalue weighted by Crippen LogP contribution is -2.32. The highest BCUT2D eigenvalue weighted by Crippen LogP contribution is 2.62. The third kappa shape index (κ3) is 2.97. The summed E-state index contributed by atoms with van der Waals surface area (Å²) in [5.41, 5.74) is 10.7. The topological polar surface area (TPSA) is 14.2 Å². The lowest BCUT2D eigenvalue weighted by atomic mass is 9.66. The quantitative estimate of drug-likeness (QED) is 0.182. The van der Waals surface area contributed by atoms with E-state index in [0.717, 1.165) is 11.5 Å². The molecule has 2 nitrogen and oxygen atoms in total. The van der Waals surface area contributed by atoms with Crippen LogP contribution in [0.5, 0.6) is 11.5 Å². The van der Waals surface area contributed by atoms with Crippen molar-refractivity contribution in [2.75, 3.05) is 0 Å². The Morgan fingerprint density at radius 1 is 0.435 bits per heavy atom. The lowest BCUT2D eigenvalue weighted by Gasteiger charge is -2.39. The molecule has 2 aromatic heterocycles. The van der Waals surface area contributed by atoms with Gasteiger partial charge in [-0.15, -0.1) is 11.3 Å². The van der Waals surface area contributed by atoms with E-state index >= 15 is 0 Å². The molecule has 3 heteroatoms. The van der Waals surface area contributed by atoms with E-state index in [-0.39, 0.29) is 0 Å². The molecular weight excluding hydrogens is 579 g/mol. The van der Waals surface area contributed by atoms with Crippen molar-refractivity contribution in [2.24, 2.45) is 0 Å². The third-order valence-electron chi connectivity index (χ3n) is 10.3. The Morgan fingerprint density at radius 2 is 1.09 bits per heavy atom. The average Bonchev–Trinajstić information content (AvgIpc) is 3.74. The Kier molecular flexibility index (Phi) is 4.69. The molecule has 0 fully saturated rings. The number of thiophene rings is 1. The first-order valence-corrected chi connectivity index (χ1v) is 16.6. The van der Waals surface area contributed by atoms with Gasteiger partial charge in [0, 0.05) is 47.8 Å². The van der Waals surface area contributed by atoms with Crippen molar-refractivity contribution in [1.82, 2.24) is 4.57 Å². The molecule has 0 N–H and O–H groups in total. The first-order chi connectivity index (χ1) is 22.8. The molecule has 7 aromatic carbocycles. The predicted octanol–water partition coefficient (Wildman–Crippen LogP) is 11.6. The molecular formula is C43H25NOS. The van der Waals surface area contributed by atoms with Crippen molar-refractivity contribution in [2.45, 2.75) is 5.41 Å². The van der Waals surface area contributed by atoms with E-state index in [0.29, 0.717) is 0 Å². The molecule has 0 amide bonds. The zero-order chi connectivity index (χ0) is 30.0. The van der Waals surface area contributed by atoms with E-state index in [2.05, 4.69) is 156 Å². The highest BCUT2D eigenvalue weighted by atomic mass is 32.1. The maximum atomic E-state index is 6.59. The Morgan fingerprint density at radius 3 is 1.91 bits per heavy atom. The molecule has 46 heavy (non-hydrogen) atoms. The van der Waals surface area contributed by atoms with Gasteiger partial charge >= 0.3 is 0 Å². The van der Waals surface area contributed by atoms with Crippen LogP contribution in [0.4, 0.5) is 0 Å². The normalized spacial score (nSPS) is 14.0. The highest BCUT2D eigenvalue weighted by Gasteiger charge is 2.51. The minimum Gasteiger partial charge on any atom is -0.457 e. The smallest absolute Gasteiger partial charge is 0.132 e. The number of fused-ring (bicyclic) bond motifs is 15. The van der Waals surface area contributed by atoms with Gasteiger partial charge < -0.3 is 9.30 Å². The van der Waals surface area contributed by atoms with E-state index < -0.39 is 5.41 Å². The van der Waals surface area contributed by atoms with Crippen LogP contribution in [0.2, 0.25) is 0 Å². The predicted molar refractivity (Wildman–Crippen MR) is 191 cm³/mol. The molecule has 0 bridgehead atoms. The Labute approximate surface area is 269 Å². The van der Waals surface area contributed by atoms with E-state index in [1.165, 1.54) is 81.0 Å². The van der Waals surface area contributed by atoms with E-state index in [1.807, 2.05) is 11.3 Å². The number of rotatable bonds is 1. The Balaban J connectivity index is 1.30. The number of aromatic nitrogens is 1. The number of nitrogens with zero attached hydrogens (tertiary/aromatic N) is 1. The number of benzene rings is 7. The second kappa shape index (κ2) is 8.75. The molecule has 1 aliphatic heterocycles. The van der Waals surface area contributed by atoms with E-state index in [1.54, 1.807) is 0 Å². The third-order valence-corrected chi connectivity index (χ3v) is 11.4. The van der Waals surface area contributed by atoms with Gasteiger partial charge in [0.05, 0.1) is 16.4 Å². The molecule has 0 radical (unpaired) electrons. The van der Waals surface area contributed by atoms with Gasteiger partial charge in [0.2, 0.25) is 0 Å². The minimum atomic E-state index is -0.500. The second-order valence-electron chi connectivity index (χ2n) is 12.4. The first-order valence-electron chi connectivity index (χ1n) is 15.8. The summed E-state index contributed by atoms with van der Waals surface area (Å²) in [4.78, 5) is 0. The van der Waals surface area contributed by atoms with Gasteiger partial charge in [0.25, 0.3) is 0 Å². The number of para-hydroxylation sites is 3. The molecule has 2 aliphatic rings. The molecule has 214 valence electrons. The summed E-state index contributed by atoms with van der Waals surface area (Å²) in [6.45, 7) is 0. The summed E-state index contributed by atoms with van der Waals surface area (Å²) in [6.07, 6.45) is 0. The fraction of sp³-hybridized carbons (Fsp3) is 0.0233. The van der Waals surface area contributed by atoms with Crippen molar-refractivity contribution in [3.63, 3.8) is 0 Å². The molecule has 1 spiro atoms. The van der Waals surface area contributed by atoms with Gasteiger partial charge in [-0.05, 0) is 76.9 Å². The monoisotopic (exact) mass is 603 g/mol. The zero-order valence-corrected chi connectivity index (χ0v) is 25.5. The summed E-state index contributed by atoms with van der Waals surface area (Å²) in [5, 5.41) is 5.16. The average molecular weight is 604 g/mol. The van der Waals surface area contributed by atoms with Crippen molar-refractivity contribution in [1.29, 1.82) is 0 Å². The largest absolute Gasteiger partial charge is 0.457 e. The molecule has 1 aliphatic carbocycles. The van der Waals surface area contributed by atoms with Gasteiger partial charge in [-0.2, -0.15) is 0 Å². The molecule has 9 aromatic rings. The maximum absolute atomic E-state index is 6.59. The summed E-state index contributed by atoms with van der Waals surface area (Å²) in [5.74, 6) is 1.83. The molecule has 0 saturated heterocycles. The van der Waals surface area contributed by atoms with Crippen LogP contribution in [0.1, 0.15) is 22.3 Å². The van der Waals surface area contributed by atoms with Crippen LogP contribution >= 0.6 is 11.3 Å². The Hall–Kier alpha value is -5.64. The van der Waals surface area contributed by atoms with Crippen LogP contribution in [-0.2, 0) is 5.41 Å². The fourth-order valence-electron chi connectivity index (χ4n) is 8.44. The summed E-state index contributed by atoms with van der Waals surface area (Å²) in [6, 6.07) is 55.7. The molecule has 3 heterocycles. The fourth-order valence-corrected chi connectivity index (χ4v) is 9.53. The summed E-state index contributed by atoms with van der Waals surface area (Å²) < 4.78 is 11.7. The maximum Gasteiger partial charge on any atom is 0.132 e. The van der Waals surface area contributed by atoms with E-state index in [4.69, 9.17) is 4.74 Å². The van der Waals surface area contributed by atoms with Crippen LogP contribution in [0, 0.1) is 0 Å². The zero-order valence-electron chi connectivity index (χ0n) is 24.7. The number of hydrogen-bond donors (Lipinski definition) is 0. The number of hydrogen-bond acceptors (Lipinski definition) is 2. The molecule has 0 unspecified atom stereocenters. The summed E-state index contributed by atoms with van der Waals surface area (Å²) in [7, 11) is 0. The Bertz CT molecular complexity index is 2700. The summed E-state index contributed by atoms with van der Waals surface area (Å²) >= 11 is 1.86.